The molecular weight excluding hydrogens is 395 g/mol. The van der Waals surface area contributed by atoms with Gasteiger partial charge in [-0.15, -0.1) is 0 Å². The van der Waals surface area contributed by atoms with E-state index in [-0.39, 0.29) is 23.9 Å². The standard InChI is InChI=1S/C18H19Cl3N4O/c19-11-5-13(20)17(21)16(6-11)24-4-3-10(8-24)18(26)23-14-7-12-1-2-15(14)25(12)9-22/h5-6,10,12,14-15H,1-4,7-8H2,(H,23,26)/t10-,12-,14+,15+/m0/s1. The van der Waals surface area contributed by atoms with Crippen LogP contribution < -0.4 is 10.2 Å². The summed E-state index contributed by atoms with van der Waals surface area (Å²) in [4.78, 5) is 16.7. The third-order valence-electron chi connectivity index (χ3n) is 5.85. The van der Waals surface area contributed by atoms with Gasteiger partial charge in [0.15, 0.2) is 6.19 Å². The number of hydrogen-bond donors (Lipinski definition) is 1. The minimum absolute atomic E-state index is 0.0622. The molecule has 3 aliphatic heterocycles. The molecule has 3 aliphatic rings. The summed E-state index contributed by atoms with van der Waals surface area (Å²) < 4.78 is 0. The van der Waals surface area contributed by atoms with Crippen LogP contribution in [-0.4, -0.2) is 42.0 Å². The molecule has 3 fully saturated rings. The molecule has 138 valence electrons. The molecule has 3 saturated heterocycles. The van der Waals surface area contributed by atoms with Crippen molar-refractivity contribution in [2.45, 2.75) is 43.8 Å². The van der Waals surface area contributed by atoms with Crippen molar-refractivity contribution in [3.63, 3.8) is 0 Å². The number of nitriles is 1. The Kier molecular flexibility index (Phi) is 4.85. The van der Waals surface area contributed by atoms with Crippen molar-refractivity contribution in [2.75, 3.05) is 18.0 Å². The molecule has 1 amide bonds. The minimum Gasteiger partial charge on any atom is -0.369 e. The SMILES string of the molecule is N#CN1[C@H]2CC[C@@H]1[C@H](NC(=O)[C@H]1CCN(c3cc(Cl)cc(Cl)c3Cl)C1)C2. The second-order valence-electron chi connectivity index (χ2n) is 7.31. The van der Waals surface area contributed by atoms with Crippen LogP contribution in [-0.2, 0) is 4.79 Å². The average molecular weight is 414 g/mol. The fraction of sp³-hybridized carbons (Fsp3) is 0.556. The Balaban J connectivity index is 1.40. The van der Waals surface area contributed by atoms with Crippen molar-refractivity contribution >= 4 is 46.4 Å². The van der Waals surface area contributed by atoms with Gasteiger partial charge in [-0.05, 0) is 37.8 Å². The lowest BCUT2D eigenvalue weighted by molar-refractivity contribution is -0.125. The van der Waals surface area contributed by atoms with E-state index in [1.165, 1.54) is 0 Å². The van der Waals surface area contributed by atoms with E-state index < -0.39 is 0 Å². The van der Waals surface area contributed by atoms with Gasteiger partial charge in [0.1, 0.15) is 0 Å². The summed E-state index contributed by atoms with van der Waals surface area (Å²) in [5.41, 5.74) is 0.773. The zero-order valence-electron chi connectivity index (χ0n) is 14.1. The minimum atomic E-state index is -0.0986. The van der Waals surface area contributed by atoms with Gasteiger partial charge < -0.3 is 15.1 Å². The molecular formula is C18H19Cl3N4O. The first-order valence-electron chi connectivity index (χ1n) is 8.86. The van der Waals surface area contributed by atoms with Gasteiger partial charge in [0.25, 0.3) is 0 Å². The van der Waals surface area contributed by atoms with Crippen LogP contribution in [0.2, 0.25) is 15.1 Å². The van der Waals surface area contributed by atoms with E-state index in [9.17, 15) is 10.1 Å². The number of hydrogen-bond acceptors (Lipinski definition) is 4. The smallest absolute Gasteiger partial charge is 0.225 e. The van der Waals surface area contributed by atoms with Gasteiger partial charge in [0.05, 0.1) is 33.7 Å². The molecule has 1 aromatic rings. The van der Waals surface area contributed by atoms with Gasteiger partial charge in [-0.3, -0.25) is 4.79 Å². The Labute approximate surface area is 167 Å². The summed E-state index contributed by atoms with van der Waals surface area (Å²) >= 11 is 18.5. The maximum atomic E-state index is 12.7. The molecule has 0 saturated carbocycles. The number of anilines is 1. The van der Waals surface area contributed by atoms with Gasteiger partial charge in [0, 0.05) is 24.2 Å². The van der Waals surface area contributed by atoms with Crippen LogP contribution in [0.4, 0.5) is 5.69 Å². The number of rotatable bonds is 3. The Morgan fingerprint density at radius 1 is 1.23 bits per heavy atom. The summed E-state index contributed by atoms with van der Waals surface area (Å²) in [6.45, 7) is 1.32. The first-order chi connectivity index (χ1) is 12.5. The Morgan fingerprint density at radius 2 is 2.04 bits per heavy atom. The predicted octanol–water partition coefficient (Wildman–Crippen LogP) is 3.68. The first-order valence-corrected chi connectivity index (χ1v) is 9.99. The molecule has 0 aromatic heterocycles. The second-order valence-corrected chi connectivity index (χ2v) is 8.53. The van der Waals surface area contributed by atoms with Crippen LogP contribution in [0.3, 0.4) is 0 Å². The highest BCUT2D eigenvalue weighted by Gasteiger charge is 2.47. The van der Waals surface area contributed by atoms with Gasteiger partial charge in [-0.1, -0.05) is 34.8 Å². The van der Waals surface area contributed by atoms with E-state index in [1.54, 1.807) is 12.1 Å². The summed E-state index contributed by atoms with van der Waals surface area (Å²) in [5.74, 6) is -0.0364. The first kappa shape index (κ1) is 18.0. The molecule has 0 spiro atoms. The number of amides is 1. The van der Waals surface area contributed by atoms with Crippen LogP contribution >= 0.6 is 34.8 Å². The van der Waals surface area contributed by atoms with E-state index in [1.807, 2.05) is 4.90 Å². The molecule has 2 bridgehead atoms. The molecule has 3 heterocycles. The zero-order valence-corrected chi connectivity index (χ0v) is 16.4. The monoisotopic (exact) mass is 412 g/mol. The number of carbonyl (C=O) groups excluding carboxylic acids is 1. The van der Waals surface area contributed by atoms with Crippen LogP contribution in [0.15, 0.2) is 12.1 Å². The zero-order chi connectivity index (χ0) is 18.4. The predicted molar refractivity (Wildman–Crippen MR) is 103 cm³/mol. The molecule has 26 heavy (non-hydrogen) atoms. The van der Waals surface area contributed by atoms with Crippen molar-refractivity contribution in [3.8, 4) is 6.19 Å². The molecule has 1 N–H and O–H groups in total. The van der Waals surface area contributed by atoms with E-state index in [0.29, 0.717) is 27.7 Å². The largest absolute Gasteiger partial charge is 0.369 e. The van der Waals surface area contributed by atoms with Crippen LogP contribution in [0, 0.1) is 17.4 Å². The van der Waals surface area contributed by atoms with Gasteiger partial charge in [-0.2, -0.15) is 5.26 Å². The molecule has 5 nitrogen and oxygen atoms in total. The number of halogens is 3. The van der Waals surface area contributed by atoms with Gasteiger partial charge in [-0.25, -0.2) is 0 Å². The van der Waals surface area contributed by atoms with Crippen molar-refractivity contribution in [2.24, 2.45) is 5.92 Å². The summed E-state index contributed by atoms with van der Waals surface area (Å²) in [6, 6.07) is 3.94. The number of nitrogens with one attached hydrogen (secondary N) is 1. The van der Waals surface area contributed by atoms with Crippen molar-refractivity contribution in [1.29, 1.82) is 5.26 Å². The number of nitrogens with zero attached hydrogens (tertiary/aromatic N) is 3. The van der Waals surface area contributed by atoms with E-state index >= 15 is 0 Å². The second kappa shape index (κ2) is 6.99. The van der Waals surface area contributed by atoms with E-state index in [4.69, 9.17) is 34.8 Å². The third kappa shape index (κ3) is 3.09. The molecule has 0 unspecified atom stereocenters. The topological polar surface area (TPSA) is 59.4 Å². The Morgan fingerprint density at radius 3 is 2.77 bits per heavy atom. The van der Waals surface area contributed by atoms with Crippen LogP contribution in [0.1, 0.15) is 25.7 Å². The maximum absolute atomic E-state index is 12.7. The number of benzene rings is 1. The van der Waals surface area contributed by atoms with Gasteiger partial charge >= 0.3 is 0 Å². The quantitative estimate of drug-likeness (QED) is 0.607. The summed E-state index contributed by atoms with van der Waals surface area (Å²) in [7, 11) is 0. The average Bonchev–Trinajstić information content (AvgIpc) is 3.31. The third-order valence-corrected chi connectivity index (χ3v) is 6.86. The summed E-state index contributed by atoms with van der Waals surface area (Å²) in [6.07, 6.45) is 5.94. The molecule has 1 aromatic carbocycles. The molecule has 8 heteroatoms. The highest BCUT2D eigenvalue weighted by molar-refractivity contribution is 6.45. The fourth-order valence-electron chi connectivity index (χ4n) is 4.57. The lowest BCUT2D eigenvalue weighted by Crippen LogP contribution is -2.46. The molecule has 0 radical (unpaired) electrons. The number of carbonyl (C=O) groups is 1. The molecule has 4 atom stereocenters. The summed E-state index contributed by atoms with van der Waals surface area (Å²) in [5, 5.41) is 13.9. The fourth-order valence-corrected chi connectivity index (χ4v) is 5.28. The van der Waals surface area contributed by atoms with E-state index in [2.05, 4.69) is 16.4 Å². The molecule has 0 aliphatic carbocycles. The van der Waals surface area contributed by atoms with Crippen molar-refractivity contribution in [1.82, 2.24) is 10.2 Å². The lowest BCUT2D eigenvalue weighted by Gasteiger charge is -2.24. The highest BCUT2D eigenvalue weighted by Crippen LogP contribution is 2.39. The maximum Gasteiger partial charge on any atom is 0.225 e. The Bertz CT molecular complexity index is 780. The van der Waals surface area contributed by atoms with Crippen molar-refractivity contribution < 1.29 is 4.79 Å². The molecule has 4 rings (SSSR count). The van der Waals surface area contributed by atoms with E-state index in [0.717, 1.165) is 37.9 Å². The van der Waals surface area contributed by atoms with Gasteiger partial charge in [0.2, 0.25) is 5.91 Å². The lowest BCUT2D eigenvalue weighted by atomic mass is 9.95. The van der Waals surface area contributed by atoms with Crippen LogP contribution in [0.5, 0.6) is 0 Å². The van der Waals surface area contributed by atoms with Crippen molar-refractivity contribution in [3.05, 3.63) is 27.2 Å². The Hall–Kier alpha value is -1.35. The van der Waals surface area contributed by atoms with Crippen LogP contribution in [0.25, 0.3) is 0 Å². The normalized spacial score (nSPS) is 29.9. The number of fused-ring (bicyclic) bond motifs is 2. The highest BCUT2D eigenvalue weighted by atomic mass is 35.5.